The van der Waals surface area contributed by atoms with E-state index in [1.54, 1.807) is 0 Å². The van der Waals surface area contributed by atoms with Crippen LogP contribution < -0.4 is 0 Å². The summed E-state index contributed by atoms with van der Waals surface area (Å²) in [5.41, 5.74) is 4.32. The summed E-state index contributed by atoms with van der Waals surface area (Å²) in [6, 6.07) is 15.3. The second kappa shape index (κ2) is 4.45. The Morgan fingerprint density at radius 2 is 1.72 bits per heavy atom. The Morgan fingerprint density at radius 1 is 0.944 bits per heavy atom. The van der Waals surface area contributed by atoms with Gasteiger partial charge in [-0.1, -0.05) is 65.8 Å². The van der Waals surface area contributed by atoms with E-state index in [2.05, 4.69) is 68.5 Å². The summed E-state index contributed by atoms with van der Waals surface area (Å²) < 4.78 is 0. The Kier molecular flexibility index (Phi) is 2.79. The van der Waals surface area contributed by atoms with Crippen molar-refractivity contribution < 1.29 is 0 Å². The molecule has 0 saturated heterocycles. The molecule has 0 amide bonds. The van der Waals surface area contributed by atoms with Crippen LogP contribution >= 0.6 is 0 Å². The van der Waals surface area contributed by atoms with Crippen molar-refractivity contribution in [2.75, 3.05) is 0 Å². The second-order valence-electron chi connectivity index (χ2n) is 5.28. The molecule has 0 fully saturated rings. The normalized spacial score (nSPS) is 19.6. The van der Waals surface area contributed by atoms with E-state index < -0.39 is 0 Å². The van der Waals surface area contributed by atoms with E-state index >= 15 is 0 Å². The van der Waals surface area contributed by atoms with Gasteiger partial charge in [-0.15, -0.1) is 0 Å². The van der Waals surface area contributed by atoms with Gasteiger partial charge in [-0.2, -0.15) is 0 Å². The molecule has 2 aromatic rings. The fraction of sp³-hybridized carbons (Fsp3) is 0.222. The van der Waals surface area contributed by atoms with Crippen LogP contribution in [0.5, 0.6) is 0 Å². The van der Waals surface area contributed by atoms with Gasteiger partial charge in [0.05, 0.1) is 0 Å². The molecule has 0 nitrogen and oxygen atoms in total. The third-order valence-corrected chi connectivity index (χ3v) is 3.70. The number of benzene rings is 2. The highest BCUT2D eigenvalue weighted by molar-refractivity contribution is 5.86. The van der Waals surface area contributed by atoms with Crippen molar-refractivity contribution in [3.05, 3.63) is 71.3 Å². The summed E-state index contributed by atoms with van der Waals surface area (Å²) in [5.74, 6) is 0.529. The van der Waals surface area contributed by atoms with E-state index in [0.717, 1.165) is 6.42 Å². The first-order chi connectivity index (χ1) is 8.74. The Balaban J connectivity index is 2.13. The van der Waals surface area contributed by atoms with Crippen LogP contribution in [0.1, 0.15) is 31.7 Å². The number of rotatable bonds is 1. The lowest BCUT2D eigenvalue weighted by atomic mass is 9.84. The van der Waals surface area contributed by atoms with Crippen molar-refractivity contribution >= 4 is 10.8 Å². The van der Waals surface area contributed by atoms with E-state index in [1.165, 1.54) is 27.5 Å². The average molecular weight is 234 g/mol. The Hall–Kier alpha value is -1.82. The van der Waals surface area contributed by atoms with Crippen LogP contribution in [-0.4, -0.2) is 0 Å². The van der Waals surface area contributed by atoms with Gasteiger partial charge in [0.15, 0.2) is 0 Å². The molecule has 1 aliphatic carbocycles. The quantitative estimate of drug-likeness (QED) is 0.634. The third-order valence-electron chi connectivity index (χ3n) is 3.70. The summed E-state index contributed by atoms with van der Waals surface area (Å²) in [6.45, 7) is 4.43. The molecule has 1 atom stereocenters. The molecule has 1 unspecified atom stereocenters. The average Bonchev–Trinajstić information content (AvgIpc) is 2.37. The molecular formula is C18H18. The van der Waals surface area contributed by atoms with E-state index in [-0.39, 0.29) is 0 Å². The third kappa shape index (κ3) is 1.99. The minimum Gasteiger partial charge on any atom is -0.0737 e. The minimum atomic E-state index is 0.529. The highest BCUT2D eigenvalue weighted by atomic mass is 14.2. The second-order valence-corrected chi connectivity index (χ2v) is 5.28. The maximum Gasteiger partial charge on any atom is 0.00670 e. The van der Waals surface area contributed by atoms with Crippen LogP contribution in [0.3, 0.4) is 0 Å². The van der Waals surface area contributed by atoms with Crippen LogP contribution in [-0.2, 0) is 0 Å². The van der Waals surface area contributed by atoms with Crippen molar-refractivity contribution in [1.82, 2.24) is 0 Å². The smallest absolute Gasteiger partial charge is 0.00670 e. The zero-order valence-electron chi connectivity index (χ0n) is 11.0. The van der Waals surface area contributed by atoms with E-state index in [1.807, 2.05) is 0 Å². The van der Waals surface area contributed by atoms with Gasteiger partial charge in [0.25, 0.3) is 0 Å². The molecule has 0 N–H and O–H groups in total. The Morgan fingerprint density at radius 3 is 2.56 bits per heavy atom. The fourth-order valence-electron chi connectivity index (χ4n) is 2.99. The molecule has 0 radical (unpaired) electrons. The van der Waals surface area contributed by atoms with E-state index in [0.29, 0.717) is 5.92 Å². The zero-order valence-corrected chi connectivity index (χ0v) is 11.0. The number of hydrogen-bond donors (Lipinski definition) is 0. The van der Waals surface area contributed by atoms with Crippen LogP contribution in [0.25, 0.3) is 10.8 Å². The van der Waals surface area contributed by atoms with Gasteiger partial charge in [0, 0.05) is 5.92 Å². The van der Waals surface area contributed by atoms with Crippen LogP contribution in [0, 0.1) is 0 Å². The maximum absolute atomic E-state index is 2.40. The lowest BCUT2D eigenvalue weighted by molar-refractivity contribution is 0.810. The molecule has 0 aromatic heterocycles. The molecule has 18 heavy (non-hydrogen) atoms. The van der Waals surface area contributed by atoms with Gasteiger partial charge in [-0.05, 0) is 36.6 Å². The first-order valence-electron chi connectivity index (χ1n) is 6.57. The topological polar surface area (TPSA) is 0 Å². The van der Waals surface area contributed by atoms with Gasteiger partial charge in [-0.3, -0.25) is 0 Å². The summed E-state index contributed by atoms with van der Waals surface area (Å²) in [5, 5.41) is 2.73. The first kappa shape index (κ1) is 11.3. The van der Waals surface area contributed by atoms with E-state index in [9.17, 15) is 0 Å². The predicted octanol–water partition coefficient (Wildman–Crippen LogP) is 5.22. The molecule has 0 saturated carbocycles. The molecule has 0 bridgehead atoms. The summed E-state index contributed by atoms with van der Waals surface area (Å²) >= 11 is 0. The fourth-order valence-corrected chi connectivity index (χ4v) is 2.99. The SMILES string of the molecule is CC1=CC(c2cccc3ccccc23)CC(C)=C1. The van der Waals surface area contributed by atoms with Gasteiger partial charge < -0.3 is 0 Å². The van der Waals surface area contributed by atoms with Crippen molar-refractivity contribution in [3.63, 3.8) is 0 Å². The summed E-state index contributed by atoms with van der Waals surface area (Å²) in [4.78, 5) is 0. The lowest BCUT2D eigenvalue weighted by Gasteiger charge is -2.20. The number of hydrogen-bond acceptors (Lipinski definition) is 0. The van der Waals surface area contributed by atoms with Crippen LogP contribution in [0.4, 0.5) is 0 Å². The van der Waals surface area contributed by atoms with Crippen molar-refractivity contribution in [2.24, 2.45) is 0 Å². The van der Waals surface area contributed by atoms with E-state index in [4.69, 9.17) is 0 Å². The van der Waals surface area contributed by atoms with Crippen LogP contribution in [0.2, 0.25) is 0 Å². The molecule has 90 valence electrons. The number of allylic oxidation sites excluding steroid dienone is 4. The molecule has 2 aromatic carbocycles. The standard InChI is InChI=1S/C18H18/c1-13-10-14(2)12-16(11-13)18-9-5-7-15-6-3-4-8-17(15)18/h3-11,16H,12H2,1-2H3. The Labute approximate surface area is 109 Å². The summed E-state index contributed by atoms with van der Waals surface area (Å²) in [7, 11) is 0. The van der Waals surface area contributed by atoms with Crippen molar-refractivity contribution in [1.29, 1.82) is 0 Å². The molecule has 0 spiro atoms. The molecular weight excluding hydrogens is 216 g/mol. The van der Waals surface area contributed by atoms with Gasteiger partial charge >= 0.3 is 0 Å². The highest BCUT2D eigenvalue weighted by Crippen LogP contribution is 2.34. The minimum absolute atomic E-state index is 0.529. The largest absolute Gasteiger partial charge is 0.0737 e. The lowest BCUT2D eigenvalue weighted by Crippen LogP contribution is -2.02. The molecule has 0 aliphatic heterocycles. The Bertz CT molecular complexity index is 639. The molecule has 1 aliphatic rings. The molecule has 3 rings (SSSR count). The predicted molar refractivity (Wildman–Crippen MR) is 78.8 cm³/mol. The molecule has 0 heterocycles. The number of fused-ring (bicyclic) bond motifs is 1. The van der Waals surface area contributed by atoms with Gasteiger partial charge in [-0.25, -0.2) is 0 Å². The highest BCUT2D eigenvalue weighted by Gasteiger charge is 2.15. The van der Waals surface area contributed by atoms with Crippen molar-refractivity contribution in [2.45, 2.75) is 26.2 Å². The molecule has 0 heteroatoms. The van der Waals surface area contributed by atoms with Crippen molar-refractivity contribution in [3.8, 4) is 0 Å². The van der Waals surface area contributed by atoms with Gasteiger partial charge in [0.1, 0.15) is 0 Å². The zero-order chi connectivity index (χ0) is 12.5. The first-order valence-corrected chi connectivity index (χ1v) is 6.57. The maximum atomic E-state index is 2.40. The monoisotopic (exact) mass is 234 g/mol. The van der Waals surface area contributed by atoms with Crippen LogP contribution in [0.15, 0.2) is 65.8 Å². The van der Waals surface area contributed by atoms with Gasteiger partial charge in [0.2, 0.25) is 0 Å². The summed E-state index contributed by atoms with van der Waals surface area (Å²) in [6.07, 6.45) is 5.84.